The molecule has 14 heteroatoms. The number of hydrazine groups is 1. The molecular formula is C31H28BrF6N3O4. The Kier molecular flexibility index (Phi) is 10.6. The van der Waals surface area contributed by atoms with Crippen molar-refractivity contribution in [2.75, 3.05) is 13.2 Å². The molecule has 1 amide bonds. The van der Waals surface area contributed by atoms with E-state index in [1.165, 1.54) is 6.08 Å². The lowest BCUT2D eigenvalue weighted by Gasteiger charge is -2.30. The van der Waals surface area contributed by atoms with Gasteiger partial charge in [-0.05, 0) is 54.1 Å². The normalized spacial score (nSPS) is 18.2. The number of carbonyl (C=O) groups is 1. The molecule has 240 valence electrons. The molecule has 3 aromatic rings. The molecule has 1 heterocycles. The Labute approximate surface area is 263 Å². The van der Waals surface area contributed by atoms with Crippen LogP contribution in [0.15, 0.2) is 88.9 Å². The zero-order chi connectivity index (χ0) is 32.8. The molecule has 0 fully saturated rings. The van der Waals surface area contributed by atoms with Crippen molar-refractivity contribution in [1.29, 1.82) is 0 Å². The number of nitrogens with zero attached hydrogens (tertiary/aromatic N) is 1. The molecule has 0 spiro atoms. The summed E-state index contributed by atoms with van der Waals surface area (Å²) in [7, 11) is 0. The largest absolute Gasteiger partial charge is 0.494 e. The van der Waals surface area contributed by atoms with Gasteiger partial charge in [0.2, 0.25) is 5.90 Å². The summed E-state index contributed by atoms with van der Waals surface area (Å²) < 4.78 is 92.3. The summed E-state index contributed by atoms with van der Waals surface area (Å²) in [6, 6.07) is 14.9. The van der Waals surface area contributed by atoms with Crippen LogP contribution >= 0.6 is 15.9 Å². The van der Waals surface area contributed by atoms with Crippen LogP contribution in [-0.4, -0.2) is 35.7 Å². The number of alkyl halides is 6. The fourth-order valence-corrected chi connectivity index (χ4v) is 5.15. The zero-order valence-corrected chi connectivity index (χ0v) is 25.1. The molecule has 45 heavy (non-hydrogen) atoms. The highest BCUT2D eigenvalue weighted by molar-refractivity contribution is 9.10. The number of halogens is 7. The third-order valence-corrected chi connectivity index (χ3v) is 7.54. The summed E-state index contributed by atoms with van der Waals surface area (Å²) in [5, 5.41) is 8.96. The van der Waals surface area contributed by atoms with Gasteiger partial charge < -0.3 is 14.6 Å². The number of nitrogens with one attached hydrogen (secondary N) is 2. The lowest BCUT2D eigenvalue weighted by atomic mass is 9.84. The summed E-state index contributed by atoms with van der Waals surface area (Å²) in [6.45, 7) is 3.49. The van der Waals surface area contributed by atoms with E-state index >= 15 is 0 Å². The molecule has 4 rings (SSSR count). The first-order chi connectivity index (χ1) is 21.3. The van der Waals surface area contributed by atoms with Crippen LogP contribution in [0, 0.1) is 0 Å². The Bertz CT molecular complexity index is 1510. The first-order valence-electron chi connectivity index (χ1n) is 13.6. The Balaban J connectivity index is 1.64. The standard InChI is InChI=1S/C31H28BrF6N3O4/c1-2-12-29(28(43)41-39-18-19-15-21(30(33,34)35)17-22(16-19)31(36,37)38)26(24-6-3-4-7-25(24)32)45-27(40-29)20-8-10-23(11-9-20)44-14-5-13-42/h2-4,6-11,15-17,26,39,42H,1,5,12-14,18H2,(H,41,43)/t26-,29-/m0/s1. The minimum Gasteiger partial charge on any atom is -0.494 e. The molecule has 0 aromatic heterocycles. The molecule has 2 atom stereocenters. The molecule has 3 N–H and O–H groups in total. The van der Waals surface area contributed by atoms with Crippen molar-refractivity contribution in [1.82, 2.24) is 10.9 Å². The fourth-order valence-electron chi connectivity index (χ4n) is 4.66. The van der Waals surface area contributed by atoms with Crippen LogP contribution in [0.3, 0.4) is 0 Å². The number of hydrogen-bond acceptors (Lipinski definition) is 6. The molecule has 0 bridgehead atoms. The first kappa shape index (κ1) is 34.0. The third-order valence-electron chi connectivity index (χ3n) is 6.82. The predicted octanol–water partition coefficient (Wildman–Crippen LogP) is 6.90. The third kappa shape index (κ3) is 8.05. The van der Waals surface area contributed by atoms with Gasteiger partial charge in [-0.3, -0.25) is 10.2 Å². The monoisotopic (exact) mass is 699 g/mol. The highest BCUT2D eigenvalue weighted by Gasteiger charge is 2.53. The summed E-state index contributed by atoms with van der Waals surface area (Å²) in [5.41, 5.74) is 0.956. The second-order valence-corrected chi connectivity index (χ2v) is 10.9. The van der Waals surface area contributed by atoms with E-state index in [9.17, 15) is 31.1 Å². The van der Waals surface area contributed by atoms with Crippen LogP contribution in [0.2, 0.25) is 0 Å². The summed E-state index contributed by atoms with van der Waals surface area (Å²) in [5.74, 6) is -0.108. The summed E-state index contributed by atoms with van der Waals surface area (Å²) in [6.07, 6.45) is -9.16. The van der Waals surface area contributed by atoms with Gasteiger partial charge in [-0.15, -0.1) is 6.58 Å². The average molecular weight is 700 g/mol. The number of hydrogen-bond donors (Lipinski definition) is 3. The topological polar surface area (TPSA) is 92.2 Å². The minimum atomic E-state index is -5.01. The number of amides is 1. The van der Waals surface area contributed by atoms with Crippen LogP contribution in [-0.2, 0) is 28.4 Å². The van der Waals surface area contributed by atoms with Gasteiger partial charge in [0.15, 0.2) is 11.6 Å². The van der Waals surface area contributed by atoms with Gasteiger partial charge >= 0.3 is 12.4 Å². The number of aliphatic imine (C=N–C) groups is 1. The molecular weight excluding hydrogens is 672 g/mol. The van der Waals surface area contributed by atoms with Gasteiger partial charge in [0.1, 0.15) is 5.75 Å². The van der Waals surface area contributed by atoms with Crippen LogP contribution in [0.4, 0.5) is 26.3 Å². The average Bonchev–Trinajstić information content (AvgIpc) is 3.37. The van der Waals surface area contributed by atoms with Crippen molar-refractivity contribution < 1.29 is 45.7 Å². The molecule has 1 aliphatic heterocycles. The molecule has 0 radical (unpaired) electrons. The molecule has 1 aliphatic rings. The summed E-state index contributed by atoms with van der Waals surface area (Å²) in [4.78, 5) is 18.5. The highest BCUT2D eigenvalue weighted by atomic mass is 79.9. The van der Waals surface area contributed by atoms with E-state index in [2.05, 4.69) is 38.4 Å². The molecule has 0 saturated heterocycles. The van der Waals surface area contributed by atoms with Gasteiger partial charge in [0, 0.05) is 41.6 Å². The predicted molar refractivity (Wildman–Crippen MR) is 157 cm³/mol. The number of benzene rings is 3. The quantitative estimate of drug-likeness (QED) is 0.0828. The maximum atomic E-state index is 13.8. The highest BCUT2D eigenvalue weighted by Crippen LogP contribution is 2.45. The number of aliphatic hydroxyl groups is 1. The van der Waals surface area contributed by atoms with Gasteiger partial charge in [-0.25, -0.2) is 10.4 Å². The van der Waals surface area contributed by atoms with Crippen LogP contribution in [0.5, 0.6) is 5.75 Å². The van der Waals surface area contributed by atoms with Crippen LogP contribution in [0.1, 0.15) is 46.8 Å². The Hall–Kier alpha value is -3.88. The SMILES string of the molecule is C=CC[C@]1(C(=O)NNCc2cc(C(F)(F)F)cc(C(F)(F)F)c2)N=C(c2ccc(OCCCO)cc2)O[C@H]1c1ccccc1Br. The Morgan fingerprint density at radius 2 is 1.69 bits per heavy atom. The number of rotatable bonds is 12. The van der Waals surface area contributed by atoms with Gasteiger partial charge in [0.25, 0.3) is 5.91 Å². The van der Waals surface area contributed by atoms with E-state index in [1.54, 1.807) is 48.5 Å². The second-order valence-electron chi connectivity index (χ2n) is 10.0. The Morgan fingerprint density at radius 3 is 2.27 bits per heavy atom. The molecule has 0 unspecified atom stereocenters. The number of aliphatic hydroxyl groups excluding tert-OH is 1. The minimum absolute atomic E-state index is 0.0178. The lowest BCUT2D eigenvalue weighted by molar-refractivity contribution is -0.143. The van der Waals surface area contributed by atoms with Gasteiger partial charge in [-0.1, -0.05) is 40.2 Å². The van der Waals surface area contributed by atoms with E-state index in [0.29, 0.717) is 46.5 Å². The van der Waals surface area contributed by atoms with Crippen molar-refractivity contribution in [3.05, 3.63) is 112 Å². The molecule has 0 aliphatic carbocycles. The van der Waals surface area contributed by atoms with Crippen molar-refractivity contribution in [3.63, 3.8) is 0 Å². The maximum Gasteiger partial charge on any atom is 0.416 e. The van der Waals surface area contributed by atoms with E-state index in [0.717, 1.165) is 0 Å². The van der Waals surface area contributed by atoms with Crippen molar-refractivity contribution in [2.24, 2.45) is 4.99 Å². The van der Waals surface area contributed by atoms with Gasteiger partial charge in [-0.2, -0.15) is 26.3 Å². The van der Waals surface area contributed by atoms with Crippen molar-refractivity contribution in [3.8, 4) is 5.75 Å². The maximum absolute atomic E-state index is 13.8. The van der Waals surface area contributed by atoms with Crippen LogP contribution < -0.4 is 15.6 Å². The summed E-state index contributed by atoms with van der Waals surface area (Å²) >= 11 is 3.48. The Morgan fingerprint density at radius 1 is 1.04 bits per heavy atom. The zero-order valence-electron chi connectivity index (χ0n) is 23.5. The number of ether oxygens (including phenoxy) is 2. The smallest absolute Gasteiger partial charge is 0.416 e. The van der Waals surface area contributed by atoms with E-state index in [4.69, 9.17) is 14.6 Å². The van der Waals surface area contributed by atoms with Gasteiger partial charge in [0.05, 0.1) is 17.7 Å². The second kappa shape index (κ2) is 14.0. The van der Waals surface area contributed by atoms with E-state index in [-0.39, 0.29) is 30.6 Å². The molecule has 7 nitrogen and oxygen atoms in total. The fraction of sp³-hybridized carbons (Fsp3) is 0.290. The first-order valence-corrected chi connectivity index (χ1v) is 14.4. The van der Waals surface area contributed by atoms with Crippen LogP contribution in [0.25, 0.3) is 0 Å². The number of carbonyl (C=O) groups excluding carboxylic acids is 1. The van der Waals surface area contributed by atoms with Crippen molar-refractivity contribution >= 4 is 27.7 Å². The lowest BCUT2D eigenvalue weighted by Crippen LogP contribution is -2.52. The van der Waals surface area contributed by atoms with E-state index < -0.39 is 47.6 Å². The van der Waals surface area contributed by atoms with Crippen molar-refractivity contribution in [2.45, 2.75) is 43.4 Å². The molecule has 3 aromatic carbocycles. The van der Waals surface area contributed by atoms with E-state index in [1.807, 2.05) is 0 Å². The molecule has 0 saturated carbocycles.